The molecule has 0 spiro atoms. The summed E-state index contributed by atoms with van der Waals surface area (Å²) in [5, 5.41) is 1.28. The van der Waals surface area contributed by atoms with E-state index in [0.29, 0.717) is 0 Å². The molecule has 0 radical (unpaired) electrons. The first-order valence-electron chi connectivity index (χ1n) is 12.0. The summed E-state index contributed by atoms with van der Waals surface area (Å²) < 4.78 is 26.5. The maximum absolute atomic E-state index is 13.4. The maximum atomic E-state index is 13.4. The number of fused-ring (bicyclic) bond motifs is 2. The summed E-state index contributed by atoms with van der Waals surface area (Å²) in [6.45, 7) is 3.12. The molecule has 2 heterocycles. The minimum Gasteiger partial charge on any atom is -0.493 e. The third-order valence-electron chi connectivity index (χ3n) is 6.87. The lowest BCUT2D eigenvalue weighted by atomic mass is 9.98. The molecule has 4 nitrogen and oxygen atoms in total. The second kappa shape index (κ2) is 9.90. The van der Waals surface area contributed by atoms with Crippen LogP contribution < -0.4 is 9.47 Å². The molecule has 0 amide bonds. The zero-order valence-electron chi connectivity index (χ0n) is 19.9. The van der Waals surface area contributed by atoms with Gasteiger partial charge in [0.2, 0.25) is 0 Å². The Morgan fingerprint density at radius 3 is 2.38 bits per heavy atom. The van der Waals surface area contributed by atoms with E-state index in [1.807, 2.05) is 12.1 Å². The number of methoxy groups -OCH3 is 2. The minimum atomic E-state index is -0.210. The van der Waals surface area contributed by atoms with Crippen LogP contribution in [-0.4, -0.2) is 36.8 Å². The lowest BCUT2D eigenvalue weighted by molar-refractivity contribution is 0.247. The molecule has 0 atom stereocenters. The Balaban J connectivity index is 1.22. The van der Waals surface area contributed by atoms with Crippen LogP contribution in [0.3, 0.4) is 0 Å². The van der Waals surface area contributed by atoms with Crippen LogP contribution >= 0.6 is 0 Å². The van der Waals surface area contributed by atoms with Gasteiger partial charge >= 0.3 is 0 Å². The lowest BCUT2D eigenvalue weighted by Gasteiger charge is -2.29. The molecule has 0 saturated carbocycles. The van der Waals surface area contributed by atoms with E-state index in [1.165, 1.54) is 39.7 Å². The Bertz CT molecular complexity index is 1280. The van der Waals surface area contributed by atoms with Gasteiger partial charge in [0.05, 0.1) is 19.7 Å². The van der Waals surface area contributed by atoms with Crippen molar-refractivity contribution in [3.63, 3.8) is 0 Å². The quantitative estimate of drug-likeness (QED) is 0.296. The maximum Gasteiger partial charge on any atom is 0.161 e. The van der Waals surface area contributed by atoms with Gasteiger partial charge in [-0.2, -0.15) is 0 Å². The molecule has 0 bridgehead atoms. The highest BCUT2D eigenvalue weighted by Crippen LogP contribution is 2.33. The molecule has 5 heteroatoms. The fraction of sp³-hybridized carbons (Fsp3) is 0.310. The molecule has 0 saturated heterocycles. The first-order chi connectivity index (χ1) is 16.7. The fourth-order valence-electron chi connectivity index (χ4n) is 5.05. The van der Waals surface area contributed by atoms with Crippen LogP contribution in [0.4, 0.5) is 4.39 Å². The topological polar surface area (TPSA) is 26.6 Å². The van der Waals surface area contributed by atoms with Crippen LogP contribution in [-0.2, 0) is 19.4 Å². The number of aryl methyl sites for hydroxylation is 1. The molecular weight excluding hydrogens is 427 g/mol. The van der Waals surface area contributed by atoms with E-state index in [-0.39, 0.29) is 5.82 Å². The SMILES string of the molecule is COc1cc2c(cc1OC)CN(CCCCc1cn(-c3ccc(F)cc3)c3ccccc13)CC2. The van der Waals surface area contributed by atoms with E-state index in [1.54, 1.807) is 14.2 Å². The van der Waals surface area contributed by atoms with E-state index >= 15 is 0 Å². The highest BCUT2D eigenvalue weighted by Gasteiger charge is 2.19. The summed E-state index contributed by atoms with van der Waals surface area (Å²) in [5.41, 5.74) is 6.21. The van der Waals surface area contributed by atoms with Crippen LogP contribution in [0.15, 0.2) is 66.9 Å². The van der Waals surface area contributed by atoms with Gasteiger partial charge in [0.25, 0.3) is 0 Å². The van der Waals surface area contributed by atoms with Gasteiger partial charge in [-0.1, -0.05) is 18.2 Å². The predicted molar refractivity (Wildman–Crippen MR) is 135 cm³/mol. The molecule has 176 valence electrons. The van der Waals surface area contributed by atoms with Crippen molar-refractivity contribution in [2.45, 2.75) is 32.2 Å². The molecule has 0 N–H and O–H groups in total. The predicted octanol–water partition coefficient (Wildman–Crippen LogP) is 6.17. The van der Waals surface area contributed by atoms with Gasteiger partial charge in [-0.15, -0.1) is 0 Å². The first kappa shape index (κ1) is 22.5. The first-order valence-corrected chi connectivity index (χ1v) is 12.0. The highest BCUT2D eigenvalue weighted by atomic mass is 19.1. The van der Waals surface area contributed by atoms with E-state index in [0.717, 1.165) is 62.5 Å². The van der Waals surface area contributed by atoms with Gasteiger partial charge in [-0.05, 0) is 91.4 Å². The molecule has 5 rings (SSSR count). The van der Waals surface area contributed by atoms with Crippen molar-refractivity contribution in [3.8, 4) is 17.2 Å². The number of hydrogen-bond acceptors (Lipinski definition) is 3. The molecule has 34 heavy (non-hydrogen) atoms. The number of halogens is 1. The largest absolute Gasteiger partial charge is 0.493 e. The number of rotatable bonds is 8. The molecule has 0 fully saturated rings. The summed E-state index contributed by atoms with van der Waals surface area (Å²) in [7, 11) is 3.38. The molecular formula is C29H31FN2O2. The molecule has 0 aliphatic carbocycles. The molecule has 1 aliphatic rings. The third kappa shape index (κ3) is 4.53. The molecule has 4 aromatic rings. The molecule has 0 unspecified atom stereocenters. The van der Waals surface area contributed by atoms with Crippen molar-refractivity contribution in [2.24, 2.45) is 0 Å². The number of hydrogen-bond donors (Lipinski definition) is 0. The summed E-state index contributed by atoms with van der Waals surface area (Å²) in [6.07, 6.45) is 6.57. The summed E-state index contributed by atoms with van der Waals surface area (Å²) in [5.74, 6) is 1.41. The van der Waals surface area contributed by atoms with Crippen molar-refractivity contribution in [1.29, 1.82) is 0 Å². The van der Waals surface area contributed by atoms with Gasteiger partial charge in [0.15, 0.2) is 11.5 Å². The van der Waals surface area contributed by atoms with Crippen molar-refractivity contribution >= 4 is 10.9 Å². The minimum absolute atomic E-state index is 0.210. The van der Waals surface area contributed by atoms with E-state index in [9.17, 15) is 4.39 Å². The number of unbranched alkanes of at least 4 members (excludes halogenated alkanes) is 1. The fourth-order valence-corrected chi connectivity index (χ4v) is 5.05. The Hall–Kier alpha value is -3.31. The Kier molecular flexibility index (Phi) is 6.54. The Labute approximate surface area is 200 Å². The smallest absolute Gasteiger partial charge is 0.161 e. The lowest BCUT2D eigenvalue weighted by Crippen LogP contribution is -2.31. The molecule has 1 aromatic heterocycles. The number of nitrogens with zero attached hydrogens (tertiary/aromatic N) is 2. The van der Waals surface area contributed by atoms with Gasteiger partial charge in [0.1, 0.15) is 5.82 Å². The van der Waals surface area contributed by atoms with Gasteiger partial charge < -0.3 is 14.0 Å². The van der Waals surface area contributed by atoms with Crippen LogP contribution in [0.2, 0.25) is 0 Å². The Morgan fingerprint density at radius 2 is 1.62 bits per heavy atom. The van der Waals surface area contributed by atoms with Crippen LogP contribution in [0, 0.1) is 5.82 Å². The number of aromatic nitrogens is 1. The van der Waals surface area contributed by atoms with Crippen molar-refractivity contribution in [1.82, 2.24) is 9.47 Å². The number of para-hydroxylation sites is 1. The van der Waals surface area contributed by atoms with E-state index in [2.05, 4.69) is 52.1 Å². The van der Waals surface area contributed by atoms with E-state index < -0.39 is 0 Å². The van der Waals surface area contributed by atoms with Gasteiger partial charge in [-0.25, -0.2) is 4.39 Å². The third-order valence-corrected chi connectivity index (χ3v) is 6.87. The average molecular weight is 459 g/mol. The second-order valence-electron chi connectivity index (χ2n) is 8.98. The summed E-state index contributed by atoms with van der Waals surface area (Å²) >= 11 is 0. The molecule has 3 aromatic carbocycles. The monoisotopic (exact) mass is 458 g/mol. The van der Waals surface area contributed by atoms with Crippen LogP contribution in [0.5, 0.6) is 11.5 Å². The van der Waals surface area contributed by atoms with Crippen LogP contribution in [0.1, 0.15) is 29.5 Å². The van der Waals surface area contributed by atoms with Crippen LogP contribution in [0.25, 0.3) is 16.6 Å². The molecule has 1 aliphatic heterocycles. The average Bonchev–Trinajstić information content (AvgIpc) is 3.24. The second-order valence-corrected chi connectivity index (χ2v) is 8.98. The zero-order chi connectivity index (χ0) is 23.5. The Morgan fingerprint density at radius 1 is 0.882 bits per heavy atom. The normalized spacial score (nSPS) is 13.7. The summed E-state index contributed by atoms with van der Waals surface area (Å²) in [6, 6.07) is 19.4. The van der Waals surface area contributed by atoms with Crippen molar-refractivity contribution < 1.29 is 13.9 Å². The zero-order valence-corrected chi connectivity index (χ0v) is 19.9. The number of ether oxygens (including phenoxy) is 2. The standard InChI is InChI=1S/C29H31FN2O2/c1-33-28-17-21-14-16-31(19-23(21)18-29(28)34-2)15-6-5-7-22-20-32(25-12-10-24(30)11-13-25)27-9-4-3-8-26(22)27/h3-4,8-13,17-18,20H,5-7,14-16,19H2,1-2H3. The number of benzene rings is 3. The summed E-state index contributed by atoms with van der Waals surface area (Å²) in [4.78, 5) is 2.54. The van der Waals surface area contributed by atoms with E-state index in [4.69, 9.17) is 9.47 Å². The van der Waals surface area contributed by atoms with Crippen molar-refractivity contribution in [2.75, 3.05) is 27.3 Å². The van der Waals surface area contributed by atoms with Crippen molar-refractivity contribution in [3.05, 3.63) is 89.4 Å². The highest BCUT2D eigenvalue weighted by molar-refractivity contribution is 5.85. The van der Waals surface area contributed by atoms with Gasteiger partial charge in [-0.3, -0.25) is 4.90 Å². The van der Waals surface area contributed by atoms with Gasteiger partial charge in [0, 0.05) is 30.4 Å².